The van der Waals surface area contributed by atoms with Crippen molar-refractivity contribution < 1.29 is 4.74 Å². The molecule has 0 aromatic heterocycles. The summed E-state index contributed by atoms with van der Waals surface area (Å²) in [6.45, 7) is 4.34. The minimum atomic E-state index is 0.555. The molecule has 1 saturated carbocycles. The maximum Gasteiger partial charge on any atom is 0.0468 e. The Morgan fingerprint density at radius 1 is 1.16 bits per heavy atom. The molecule has 0 aromatic rings. The Morgan fingerprint density at radius 2 is 1.95 bits per heavy atom. The molecule has 1 aliphatic carbocycles. The fourth-order valence-corrected chi connectivity index (χ4v) is 3.90. The Labute approximate surface area is 118 Å². The molecular formula is C16H32N2O. The second kappa shape index (κ2) is 8.23. The van der Waals surface area contributed by atoms with Gasteiger partial charge in [-0.2, -0.15) is 0 Å². The maximum atomic E-state index is 5.76. The van der Waals surface area contributed by atoms with E-state index in [9.17, 15) is 0 Å². The summed E-state index contributed by atoms with van der Waals surface area (Å²) in [7, 11) is 0. The number of nitrogens with one attached hydrogen (secondary N) is 1. The monoisotopic (exact) mass is 268 g/mol. The third kappa shape index (κ3) is 5.05. The Kier molecular flexibility index (Phi) is 6.62. The molecule has 2 rings (SSSR count). The Balaban J connectivity index is 1.57. The van der Waals surface area contributed by atoms with E-state index in [1.165, 1.54) is 57.8 Å². The normalized spacial score (nSPS) is 30.6. The first kappa shape index (κ1) is 15.3. The molecule has 112 valence electrons. The molecule has 2 aliphatic rings. The van der Waals surface area contributed by atoms with Crippen molar-refractivity contribution in [1.29, 1.82) is 0 Å². The zero-order valence-electron chi connectivity index (χ0n) is 12.6. The van der Waals surface area contributed by atoms with Gasteiger partial charge in [-0.15, -0.1) is 0 Å². The number of ether oxygens (including phenoxy) is 1. The van der Waals surface area contributed by atoms with Crippen LogP contribution in [0.15, 0.2) is 0 Å². The van der Waals surface area contributed by atoms with E-state index in [1.807, 2.05) is 0 Å². The lowest BCUT2D eigenvalue weighted by molar-refractivity contribution is 0.0630. The first-order valence-corrected chi connectivity index (χ1v) is 8.33. The molecule has 0 amide bonds. The molecule has 1 aliphatic heterocycles. The van der Waals surface area contributed by atoms with E-state index in [2.05, 4.69) is 12.3 Å². The fourth-order valence-electron chi connectivity index (χ4n) is 3.90. The third-order valence-electron chi connectivity index (χ3n) is 5.24. The molecule has 0 radical (unpaired) electrons. The highest BCUT2D eigenvalue weighted by atomic mass is 16.5. The molecule has 2 fully saturated rings. The number of hydrazine groups is 1. The molecule has 3 unspecified atom stereocenters. The summed E-state index contributed by atoms with van der Waals surface area (Å²) in [6, 6.07) is 0.555. The van der Waals surface area contributed by atoms with Gasteiger partial charge in [0.05, 0.1) is 0 Å². The van der Waals surface area contributed by atoms with Crippen molar-refractivity contribution >= 4 is 0 Å². The Hall–Kier alpha value is -0.120. The number of rotatable bonds is 7. The predicted molar refractivity (Wildman–Crippen MR) is 79.6 cm³/mol. The topological polar surface area (TPSA) is 47.3 Å². The van der Waals surface area contributed by atoms with E-state index < -0.39 is 0 Å². The molecule has 3 N–H and O–H groups in total. The number of unbranched alkanes of at least 4 members (excludes halogenated alkanes) is 1. The molecule has 3 nitrogen and oxygen atoms in total. The van der Waals surface area contributed by atoms with Crippen LogP contribution in [0.25, 0.3) is 0 Å². The highest BCUT2D eigenvalue weighted by molar-refractivity contribution is 4.82. The lowest BCUT2D eigenvalue weighted by Gasteiger charge is -2.24. The summed E-state index contributed by atoms with van der Waals surface area (Å²) in [4.78, 5) is 0. The van der Waals surface area contributed by atoms with E-state index >= 15 is 0 Å². The van der Waals surface area contributed by atoms with Crippen molar-refractivity contribution in [3.05, 3.63) is 0 Å². The second-order valence-corrected chi connectivity index (χ2v) is 6.79. The van der Waals surface area contributed by atoms with Crippen LogP contribution >= 0.6 is 0 Å². The van der Waals surface area contributed by atoms with Crippen molar-refractivity contribution in [2.45, 2.75) is 70.8 Å². The lowest BCUT2D eigenvalue weighted by Crippen LogP contribution is -2.40. The first-order chi connectivity index (χ1) is 9.29. The summed E-state index contributed by atoms with van der Waals surface area (Å²) in [5, 5.41) is 0. The highest BCUT2D eigenvalue weighted by Crippen LogP contribution is 2.34. The number of hydrogen-bond acceptors (Lipinski definition) is 3. The molecular weight excluding hydrogens is 236 g/mol. The highest BCUT2D eigenvalue weighted by Gasteiger charge is 2.27. The maximum absolute atomic E-state index is 5.76. The van der Waals surface area contributed by atoms with Crippen molar-refractivity contribution in [3.63, 3.8) is 0 Å². The molecule has 3 atom stereocenters. The van der Waals surface area contributed by atoms with Crippen LogP contribution in [0.1, 0.15) is 64.7 Å². The molecule has 3 heteroatoms. The van der Waals surface area contributed by atoms with Crippen LogP contribution in [-0.4, -0.2) is 19.3 Å². The third-order valence-corrected chi connectivity index (χ3v) is 5.24. The van der Waals surface area contributed by atoms with Crippen LogP contribution in [-0.2, 0) is 4.74 Å². The standard InChI is InChI=1S/C16H32N2O/c1-13-6-7-15(12-13)16(18-17)5-3-2-4-14-8-10-19-11-9-14/h13-16,18H,2-12,17H2,1H3. The Morgan fingerprint density at radius 3 is 2.58 bits per heavy atom. The predicted octanol–water partition coefficient (Wildman–Crippen LogP) is 3.24. The summed E-state index contributed by atoms with van der Waals surface area (Å²) >= 11 is 0. The van der Waals surface area contributed by atoms with Gasteiger partial charge in [0, 0.05) is 19.3 Å². The molecule has 1 saturated heterocycles. The largest absolute Gasteiger partial charge is 0.381 e. The minimum Gasteiger partial charge on any atom is -0.381 e. The van der Waals surface area contributed by atoms with Crippen molar-refractivity contribution in [2.24, 2.45) is 23.6 Å². The van der Waals surface area contributed by atoms with Gasteiger partial charge in [0.15, 0.2) is 0 Å². The summed E-state index contributed by atoms with van der Waals surface area (Å²) in [6.07, 6.45) is 12.0. The summed E-state index contributed by atoms with van der Waals surface area (Å²) in [5.41, 5.74) is 3.08. The van der Waals surface area contributed by atoms with E-state index in [-0.39, 0.29) is 0 Å². The van der Waals surface area contributed by atoms with Gasteiger partial charge in [0.1, 0.15) is 0 Å². The van der Waals surface area contributed by atoms with Gasteiger partial charge in [0.2, 0.25) is 0 Å². The van der Waals surface area contributed by atoms with E-state index in [0.717, 1.165) is 31.0 Å². The van der Waals surface area contributed by atoms with Crippen LogP contribution in [0, 0.1) is 17.8 Å². The van der Waals surface area contributed by atoms with Crippen molar-refractivity contribution in [2.75, 3.05) is 13.2 Å². The summed E-state index contributed by atoms with van der Waals surface area (Å²) < 4.78 is 5.41. The molecule has 0 spiro atoms. The van der Waals surface area contributed by atoms with Gasteiger partial charge in [-0.05, 0) is 49.9 Å². The van der Waals surface area contributed by atoms with Crippen LogP contribution in [0.3, 0.4) is 0 Å². The van der Waals surface area contributed by atoms with Crippen molar-refractivity contribution in [3.8, 4) is 0 Å². The molecule has 0 bridgehead atoms. The first-order valence-electron chi connectivity index (χ1n) is 8.33. The van der Waals surface area contributed by atoms with Crippen LogP contribution in [0.2, 0.25) is 0 Å². The van der Waals surface area contributed by atoms with Gasteiger partial charge in [-0.25, -0.2) is 0 Å². The molecule has 0 aromatic carbocycles. The Bertz CT molecular complexity index is 241. The van der Waals surface area contributed by atoms with E-state index in [4.69, 9.17) is 10.6 Å². The summed E-state index contributed by atoms with van der Waals surface area (Å²) in [5.74, 6) is 8.41. The van der Waals surface area contributed by atoms with Gasteiger partial charge < -0.3 is 4.74 Å². The van der Waals surface area contributed by atoms with Gasteiger partial charge in [0.25, 0.3) is 0 Å². The second-order valence-electron chi connectivity index (χ2n) is 6.79. The van der Waals surface area contributed by atoms with Gasteiger partial charge >= 0.3 is 0 Å². The smallest absolute Gasteiger partial charge is 0.0468 e. The van der Waals surface area contributed by atoms with Crippen LogP contribution in [0.5, 0.6) is 0 Å². The number of nitrogens with two attached hydrogens (primary N) is 1. The van der Waals surface area contributed by atoms with Gasteiger partial charge in [-0.1, -0.05) is 32.6 Å². The van der Waals surface area contributed by atoms with Crippen LogP contribution < -0.4 is 11.3 Å². The van der Waals surface area contributed by atoms with E-state index in [0.29, 0.717) is 6.04 Å². The fraction of sp³-hybridized carbons (Fsp3) is 1.00. The SMILES string of the molecule is CC1CCC(C(CCCCC2CCOCC2)NN)C1. The van der Waals surface area contributed by atoms with E-state index in [1.54, 1.807) is 0 Å². The molecule has 1 heterocycles. The number of hydrogen-bond donors (Lipinski definition) is 2. The van der Waals surface area contributed by atoms with Crippen LogP contribution in [0.4, 0.5) is 0 Å². The van der Waals surface area contributed by atoms with Gasteiger partial charge in [-0.3, -0.25) is 11.3 Å². The van der Waals surface area contributed by atoms with Crippen molar-refractivity contribution in [1.82, 2.24) is 5.43 Å². The zero-order chi connectivity index (χ0) is 13.5. The average molecular weight is 268 g/mol. The minimum absolute atomic E-state index is 0.555. The average Bonchev–Trinajstić information content (AvgIpc) is 2.86. The quantitative estimate of drug-likeness (QED) is 0.423. The molecule has 19 heavy (non-hydrogen) atoms. The zero-order valence-corrected chi connectivity index (χ0v) is 12.6. The lowest BCUT2D eigenvalue weighted by atomic mass is 9.90.